The third-order valence-electron chi connectivity index (χ3n) is 13.2. The molecule has 2 aliphatic rings. The minimum Gasteiger partial charge on any atom is -0.310 e. The van der Waals surface area contributed by atoms with Crippen LogP contribution < -0.4 is 10.1 Å². The van der Waals surface area contributed by atoms with Crippen LogP contribution in [0.25, 0.3) is 60.5 Å². The minimum absolute atomic E-state index is 0.251. The summed E-state index contributed by atoms with van der Waals surface area (Å²) in [6.07, 6.45) is 0. The number of hydrogen-bond acceptors (Lipinski definition) is 1. The summed E-state index contributed by atoms with van der Waals surface area (Å²) >= 11 is 0. The van der Waals surface area contributed by atoms with E-state index >= 15 is 0 Å². The van der Waals surface area contributed by atoms with Crippen LogP contribution in [0.4, 0.5) is 21.5 Å². The van der Waals surface area contributed by atoms with Crippen molar-refractivity contribution in [1.29, 1.82) is 0 Å². The molecule has 2 aliphatic carbocycles. The Labute approximate surface area is 350 Å². The maximum absolute atomic E-state index is 14.7. The minimum atomic E-state index is -1.57. The summed E-state index contributed by atoms with van der Waals surface area (Å²) in [4.78, 5) is 2.34. The fourth-order valence-electron chi connectivity index (χ4n) is 10.6. The van der Waals surface area contributed by atoms with E-state index in [0.29, 0.717) is 0 Å². The second-order valence-corrected chi connectivity index (χ2v) is 22.5. The number of anilines is 3. The van der Waals surface area contributed by atoms with E-state index in [1.165, 1.54) is 76.9 Å². The number of benzene rings is 9. The number of halogens is 1. The summed E-state index contributed by atoms with van der Waals surface area (Å²) in [5, 5.41) is 6.21. The Kier molecular flexibility index (Phi) is 7.43. The maximum Gasteiger partial charge on any atom is 0.123 e. The van der Waals surface area contributed by atoms with Gasteiger partial charge in [-0.2, -0.15) is 0 Å². The lowest BCUT2D eigenvalue weighted by molar-refractivity contribution is 0.628. The first-order chi connectivity index (χ1) is 29.3. The largest absolute Gasteiger partial charge is 0.310 e. The SMILES string of the molecule is C[Si](C)(C)c1ccc(N(c2ccc(F)cc2)c2cc3c(c4ccccc24)-c2cc4c(cc2C32c3ccccc3-c3ccccc32)c2ccccc2n4-c2ccccc2)cc1. The Hall–Kier alpha value is -7.01. The van der Waals surface area contributed by atoms with Crippen molar-refractivity contribution in [2.24, 2.45) is 0 Å². The summed E-state index contributed by atoms with van der Waals surface area (Å²) in [6.45, 7) is 7.15. The molecule has 12 rings (SSSR count). The first-order valence-electron chi connectivity index (χ1n) is 20.9. The maximum atomic E-state index is 14.7. The lowest BCUT2D eigenvalue weighted by atomic mass is 9.70. The zero-order chi connectivity index (χ0) is 40.3. The second-order valence-electron chi connectivity index (χ2n) is 17.4. The molecule has 0 amide bonds. The lowest BCUT2D eigenvalue weighted by Gasteiger charge is -2.33. The molecule has 1 aromatic heterocycles. The van der Waals surface area contributed by atoms with E-state index in [9.17, 15) is 4.39 Å². The van der Waals surface area contributed by atoms with Crippen LogP contribution in [0.15, 0.2) is 194 Å². The van der Waals surface area contributed by atoms with Crippen molar-refractivity contribution in [3.05, 3.63) is 222 Å². The Balaban J connectivity index is 1.24. The van der Waals surface area contributed by atoms with Gasteiger partial charge in [0, 0.05) is 33.2 Å². The molecule has 0 aliphatic heterocycles. The predicted molar refractivity (Wildman–Crippen MR) is 252 cm³/mol. The van der Waals surface area contributed by atoms with Crippen molar-refractivity contribution in [2.75, 3.05) is 4.90 Å². The van der Waals surface area contributed by atoms with E-state index in [0.717, 1.165) is 28.1 Å². The Morgan fingerprint density at radius 3 is 1.68 bits per heavy atom. The Morgan fingerprint density at radius 2 is 1.02 bits per heavy atom. The molecule has 2 nitrogen and oxygen atoms in total. The van der Waals surface area contributed by atoms with Gasteiger partial charge in [0.15, 0.2) is 0 Å². The van der Waals surface area contributed by atoms with Gasteiger partial charge in [0.05, 0.1) is 30.2 Å². The summed E-state index contributed by atoms with van der Waals surface area (Å²) in [5.41, 5.74) is 16.1. The number of hydrogen-bond donors (Lipinski definition) is 0. The van der Waals surface area contributed by atoms with Gasteiger partial charge in [-0.15, -0.1) is 0 Å². The molecule has 0 fully saturated rings. The molecule has 1 spiro atoms. The molecule has 9 aromatic carbocycles. The molecule has 0 unspecified atom stereocenters. The zero-order valence-corrected chi connectivity index (χ0v) is 34.7. The number of nitrogens with zero attached hydrogens (tertiary/aromatic N) is 2. The number of para-hydroxylation sites is 2. The highest BCUT2D eigenvalue weighted by molar-refractivity contribution is 6.88. The van der Waals surface area contributed by atoms with Gasteiger partial charge in [0.2, 0.25) is 0 Å². The molecule has 10 aromatic rings. The van der Waals surface area contributed by atoms with Crippen LogP contribution in [-0.4, -0.2) is 12.6 Å². The summed E-state index contributed by atoms with van der Waals surface area (Å²) in [5.74, 6) is -0.251. The lowest BCUT2D eigenvalue weighted by Crippen LogP contribution is -2.37. The quantitative estimate of drug-likeness (QED) is 0.158. The summed E-state index contributed by atoms with van der Waals surface area (Å²) in [7, 11) is -1.57. The molecule has 286 valence electrons. The van der Waals surface area contributed by atoms with Gasteiger partial charge in [-0.25, -0.2) is 4.39 Å². The third-order valence-corrected chi connectivity index (χ3v) is 15.3. The molecule has 60 heavy (non-hydrogen) atoms. The van der Waals surface area contributed by atoms with Gasteiger partial charge >= 0.3 is 0 Å². The average molecular weight is 789 g/mol. The standard InChI is InChI=1S/C56H41FN2Si/c1-60(2,3)40-31-29-39(30-32-40)58(38-27-25-36(57)26-28-38)54-35-51-55(45-21-8-7-19-43(45)54)47-34-53-46(44-20-11-14-24-52(44)59(53)37-15-5-4-6-16-37)33-50(47)56(51)48-22-12-9-17-41(48)42-18-10-13-23-49(42)56/h4-35H,1-3H3. The van der Waals surface area contributed by atoms with E-state index in [1.807, 2.05) is 12.1 Å². The number of fused-ring (bicyclic) bond motifs is 15. The monoisotopic (exact) mass is 788 g/mol. The highest BCUT2D eigenvalue weighted by atomic mass is 28.3. The second kappa shape index (κ2) is 12.7. The predicted octanol–water partition coefficient (Wildman–Crippen LogP) is 14.4. The van der Waals surface area contributed by atoms with Crippen LogP contribution in [0.3, 0.4) is 0 Å². The normalized spacial score (nSPS) is 13.5. The summed E-state index contributed by atoms with van der Waals surface area (Å²) in [6, 6.07) is 70.1. The van der Waals surface area contributed by atoms with Crippen molar-refractivity contribution < 1.29 is 4.39 Å². The van der Waals surface area contributed by atoms with Crippen LogP contribution in [0.1, 0.15) is 22.3 Å². The Morgan fingerprint density at radius 1 is 0.450 bits per heavy atom. The highest BCUT2D eigenvalue weighted by Crippen LogP contribution is 2.65. The molecule has 4 heteroatoms. The van der Waals surface area contributed by atoms with Crippen LogP contribution in [0.5, 0.6) is 0 Å². The van der Waals surface area contributed by atoms with Gasteiger partial charge in [0.1, 0.15) is 5.82 Å². The van der Waals surface area contributed by atoms with E-state index in [4.69, 9.17) is 0 Å². The van der Waals surface area contributed by atoms with Gasteiger partial charge in [-0.05, 0) is 123 Å². The van der Waals surface area contributed by atoms with E-state index < -0.39 is 13.5 Å². The van der Waals surface area contributed by atoms with Crippen LogP contribution >= 0.6 is 0 Å². The molecule has 0 saturated carbocycles. The first-order valence-corrected chi connectivity index (χ1v) is 24.4. The molecule has 0 N–H and O–H groups in total. The van der Waals surface area contributed by atoms with Crippen molar-refractivity contribution in [3.63, 3.8) is 0 Å². The molecule has 1 heterocycles. The van der Waals surface area contributed by atoms with Crippen LogP contribution in [-0.2, 0) is 5.41 Å². The molecule has 0 atom stereocenters. The van der Waals surface area contributed by atoms with Crippen molar-refractivity contribution in [3.8, 4) is 27.9 Å². The number of aromatic nitrogens is 1. The van der Waals surface area contributed by atoms with Gasteiger partial charge in [-0.3, -0.25) is 0 Å². The third kappa shape index (κ3) is 4.80. The van der Waals surface area contributed by atoms with E-state index in [-0.39, 0.29) is 5.82 Å². The first kappa shape index (κ1) is 35.0. The van der Waals surface area contributed by atoms with E-state index in [2.05, 4.69) is 199 Å². The van der Waals surface area contributed by atoms with Crippen molar-refractivity contribution in [2.45, 2.75) is 25.1 Å². The fourth-order valence-corrected chi connectivity index (χ4v) is 11.8. The molecule has 0 radical (unpaired) electrons. The van der Waals surface area contributed by atoms with Crippen LogP contribution in [0, 0.1) is 5.82 Å². The fraction of sp³-hybridized carbons (Fsp3) is 0.0714. The molecular weight excluding hydrogens is 748 g/mol. The molecule has 0 bridgehead atoms. The smallest absolute Gasteiger partial charge is 0.123 e. The van der Waals surface area contributed by atoms with Gasteiger partial charge in [0.25, 0.3) is 0 Å². The van der Waals surface area contributed by atoms with Crippen molar-refractivity contribution in [1.82, 2.24) is 4.57 Å². The van der Waals surface area contributed by atoms with Gasteiger partial charge < -0.3 is 9.47 Å². The number of rotatable bonds is 5. The average Bonchev–Trinajstić information content (AvgIpc) is 3.88. The topological polar surface area (TPSA) is 8.17 Å². The zero-order valence-electron chi connectivity index (χ0n) is 33.7. The molecular formula is C56H41FN2Si. The van der Waals surface area contributed by atoms with E-state index in [1.54, 1.807) is 12.1 Å². The van der Waals surface area contributed by atoms with Gasteiger partial charge in [-0.1, -0.05) is 146 Å². The van der Waals surface area contributed by atoms with Crippen LogP contribution in [0.2, 0.25) is 19.6 Å². The summed E-state index contributed by atoms with van der Waals surface area (Å²) < 4.78 is 17.1. The molecule has 0 saturated heterocycles. The van der Waals surface area contributed by atoms with Crippen molar-refractivity contribution >= 4 is 62.9 Å². The Bertz CT molecular complexity index is 3310. The highest BCUT2D eigenvalue weighted by Gasteiger charge is 2.52.